The lowest BCUT2D eigenvalue weighted by atomic mass is 10.2. The molecular weight excluding hydrogens is 522 g/mol. The van der Waals surface area contributed by atoms with E-state index in [0.717, 1.165) is 5.39 Å². The first-order chi connectivity index (χ1) is 14.4. The molecule has 10 heteroatoms. The van der Waals surface area contributed by atoms with Crippen LogP contribution in [0.4, 0.5) is 0 Å². The summed E-state index contributed by atoms with van der Waals surface area (Å²) in [6, 6.07) is 12.6. The van der Waals surface area contributed by atoms with Crippen molar-refractivity contribution in [2.24, 2.45) is 5.10 Å². The minimum Gasteiger partial charge on any atom is -0.481 e. The zero-order chi connectivity index (χ0) is 21.5. The zero-order valence-corrected chi connectivity index (χ0v) is 18.5. The van der Waals surface area contributed by atoms with Gasteiger partial charge in [-0.2, -0.15) is 5.10 Å². The van der Waals surface area contributed by atoms with E-state index in [4.69, 9.17) is 14.6 Å². The number of halogens is 2. The van der Waals surface area contributed by atoms with Gasteiger partial charge in [0.1, 0.15) is 17.0 Å². The SMILES string of the molecule is O=C(O)COc1c(Br)cc(/C=N/NC(=O)COc2cccc3cccnc23)cc1Br. The first-order valence-electron chi connectivity index (χ1n) is 8.56. The van der Waals surface area contributed by atoms with E-state index in [-0.39, 0.29) is 6.61 Å². The second-order valence-corrected chi connectivity index (χ2v) is 7.62. The largest absolute Gasteiger partial charge is 0.481 e. The number of carboxylic acid groups (broad SMARTS) is 1. The molecule has 0 bridgehead atoms. The number of nitrogens with one attached hydrogen (secondary N) is 1. The van der Waals surface area contributed by atoms with Gasteiger partial charge in [-0.15, -0.1) is 0 Å². The number of carbonyl (C=O) groups excluding carboxylic acids is 1. The molecule has 0 fully saturated rings. The van der Waals surface area contributed by atoms with Crippen LogP contribution in [0.3, 0.4) is 0 Å². The molecule has 1 amide bonds. The smallest absolute Gasteiger partial charge is 0.341 e. The normalized spacial score (nSPS) is 10.9. The molecule has 0 aliphatic carbocycles. The van der Waals surface area contributed by atoms with Crippen molar-refractivity contribution < 1.29 is 24.2 Å². The van der Waals surface area contributed by atoms with E-state index in [0.29, 0.717) is 31.5 Å². The maximum absolute atomic E-state index is 12.0. The molecule has 2 aromatic carbocycles. The van der Waals surface area contributed by atoms with Crippen LogP contribution in [-0.2, 0) is 9.59 Å². The fourth-order valence-electron chi connectivity index (χ4n) is 2.47. The molecule has 0 radical (unpaired) electrons. The van der Waals surface area contributed by atoms with Crippen molar-refractivity contribution in [1.82, 2.24) is 10.4 Å². The Morgan fingerprint density at radius 3 is 2.57 bits per heavy atom. The van der Waals surface area contributed by atoms with Crippen LogP contribution in [0, 0.1) is 0 Å². The number of aromatic nitrogens is 1. The summed E-state index contributed by atoms with van der Waals surface area (Å²) in [6.45, 7) is -0.685. The van der Waals surface area contributed by atoms with E-state index < -0.39 is 18.5 Å². The van der Waals surface area contributed by atoms with Crippen LogP contribution in [0.1, 0.15) is 5.56 Å². The van der Waals surface area contributed by atoms with Gasteiger partial charge < -0.3 is 14.6 Å². The van der Waals surface area contributed by atoms with Crippen LogP contribution in [-0.4, -0.2) is 41.4 Å². The van der Waals surface area contributed by atoms with Gasteiger partial charge in [-0.05, 0) is 61.7 Å². The van der Waals surface area contributed by atoms with E-state index in [1.54, 1.807) is 24.4 Å². The number of hydrazone groups is 1. The van der Waals surface area contributed by atoms with Gasteiger partial charge in [0, 0.05) is 11.6 Å². The van der Waals surface area contributed by atoms with E-state index in [1.165, 1.54) is 6.21 Å². The Morgan fingerprint density at radius 1 is 1.10 bits per heavy atom. The Morgan fingerprint density at radius 2 is 1.83 bits per heavy atom. The van der Waals surface area contributed by atoms with Crippen LogP contribution < -0.4 is 14.9 Å². The van der Waals surface area contributed by atoms with Crippen LogP contribution >= 0.6 is 31.9 Å². The maximum atomic E-state index is 12.0. The Kier molecular flexibility index (Phi) is 7.36. The standard InChI is InChI=1S/C20H15Br2N3O5/c21-14-7-12(8-15(22)20(14)30-11-18(27)28)9-24-25-17(26)10-29-16-5-1-3-13-4-2-6-23-19(13)16/h1-9H,10-11H2,(H,25,26)(H,27,28)/b24-9+. The van der Waals surface area contributed by atoms with Crippen molar-refractivity contribution in [1.29, 1.82) is 0 Å². The highest BCUT2D eigenvalue weighted by Crippen LogP contribution is 2.34. The van der Waals surface area contributed by atoms with Gasteiger partial charge in [0.05, 0.1) is 15.2 Å². The van der Waals surface area contributed by atoms with Gasteiger partial charge in [0.15, 0.2) is 13.2 Å². The maximum Gasteiger partial charge on any atom is 0.341 e. The summed E-state index contributed by atoms with van der Waals surface area (Å²) < 4.78 is 11.8. The monoisotopic (exact) mass is 535 g/mol. The molecule has 2 N–H and O–H groups in total. The lowest BCUT2D eigenvalue weighted by Crippen LogP contribution is -2.24. The van der Waals surface area contributed by atoms with Gasteiger partial charge in [0.25, 0.3) is 5.91 Å². The number of para-hydroxylation sites is 1. The summed E-state index contributed by atoms with van der Waals surface area (Å²) in [7, 11) is 0. The summed E-state index contributed by atoms with van der Waals surface area (Å²) >= 11 is 6.63. The molecule has 3 rings (SSSR count). The summed E-state index contributed by atoms with van der Waals surface area (Å²) in [5, 5.41) is 13.5. The van der Waals surface area contributed by atoms with Crippen LogP contribution in [0.15, 0.2) is 62.7 Å². The Balaban J connectivity index is 1.57. The average molecular weight is 537 g/mol. The number of hydrogen-bond donors (Lipinski definition) is 2. The minimum absolute atomic E-state index is 0.220. The van der Waals surface area contributed by atoms with Crippen LogP contribution in [0.2, 0.25) is 0 Å². The van der Waals surface area contributed by atoms with Gasteiger partial charge in [-0.3, -0.25) is 9.78 Å². The summed E-state index contributed by atoms with van der Waals surface area (Å²) in [5.41, 5.74) is 3.71. The quantitative estimate of drug-likeness (QED) is 0.335. The number of pyridine rings is 1. The third kappa shape index (κ3) is 5.77. The molecule has 0 saturated heterocycles. The summed E-state index contributed by atoms with van der Waals surface area (Å²) in [4.78, 5) is 26.9. The first-order valence-corrected chi connectivity index (χ1v) is 10.1. The topological polar surface area (TPSA) is 110 Å². The Bertz CT molecular complexity index is 1090. The highest BCUT2D eigenvalue weighted by atomic mass is 79.9. The third-order valence-corrected chi connectivity index (χ3v) is 4.90. The third-order valence-electron chi connectivity index (χ3n) is 3.72. The lowest BCUT2D eigenvalue weighted by Gasteiger charge is -2.09. The van der Waals surface area contributed by atoms with Gasteiger partial charge >= 0.3 is 5.97 Å². The second-order valence-electron chi connectivity index (χ2n) is 5.91. The highest BCUT2D eigenvalue weighted by molar-refractivity contribution is 9.11. The van der Waals surface area contributed by atoms with Crippen molar-refractivity contribution in [3.63, 3.8) is 0 Å². The average Bonchev–Trinajstić information content (AvgIpc) is 2.71. The van der Waals surface area contributed by atoms with E-state index in [9.17, 15) is 9.59 Å². The Labute approximate surface area is 188 Å². The van der Waals surface area contributed by atoms with Crippen molar-refractivity contribution in [3.05, 3.63) is 63.2 Å². The molecule has 1 heterocycles. The number of fused-ring (bicyclic) bond motifs is 1. The number of hydrogen-bond acceptors (Lipinski definition) is 6. The van der Waals surface area contributed by atoms with E-state index in [2.05, 4.69) is 47.4 Å². The van der Waals surface area contributed by atoms with Crippen LogP contribution in [0.5, 0.6) is 11.5 Å². The number of aliphatic carboxylic acids is 1. The molecule has 0 aliphatic heterocycles. The van der Waals surface area contributed by atoms with Crippen molar-refractivity contribution in [3.8, 4) is 11.5 Å². The molecule has 0 spiro atoms. The van der Waals surface area contributed by atoms with Crippen LogP contribution in [0.25, 0.3) is 10.9 Å². The van der Waals surface area contributed by atoms with Gasteiger partial charge in [0.2, 0.25) is 0 Å². The fraction of sp³-hybridized carbons (Fsp3) is 0.100. The molecular formula is C20H15Br2N3O5. The predicted molar refractivity (Wildman–Crippen MR) is 118 cm³/mol. The molecule has 8 nitrogen and oxygen atoms in total. The molecule has 1 aromatic heterocycles. The number of carbonyl (C=O) groups is 2. The van der Waals surface area contributed by atoms with E-state index in [1.807, 2.05) is 24.3 Å². The van der Waals surface area contributed by atoms with E-state index >= 15 is 0 Å². The van der Waals surface area contributed by atoms with Crippen molar-refractivity contribution in [2.45, 2.75) is 0 Å². The van der Waals surface area contributed by atoms with Gasteiger partial charge in [-0.1, -0.05) is 18.2 Å². The van der Waals surface area contributed by atoms with Gasteiger partial charge in [-0.25, -0.2) is 10.2 Å². The number of carboxylic acids is 1. The molecule has 0 unspecified atom stereocenters. The second kappa shape index (κ2) is 10.2. The first kappa shape index (κ1) is 21.7. The zero-order valence-electron chi connectivity index (χ0n) is 15.3. The number of rotatable bonds is 8. The molecule has 3 aromatic rings. The predicted octanol–water partition coefficient (Wildman–Crippen LogP) is 3.75. The highest BCUT2D eigenvalue weighted by Gasteiger charge is 2.10. The minimum atomic E-state index is -1.08. The lowest BCUT2D eigenvalue weighted by molar-refractivity contribution is -0.139. The number of ether oxygens (including phenoxy) is 2. The number of amides is 1. The van der Waals surface area contributed by atoms with Crippen molar-refractivity contribution >= 4 is 60.9 Å². The summed E-state index contributed by atoms with van der Waals surface area (Å²) in [5.74, 6) is -0.643. The molecule has 0 saturated carbocycles. The Hall–Kier alpha value is -2.98. The molecule has 0 atom stereocenters. The molecule has 30 heavy (non-hydrogen) atoms. The fourth-order valence-corrected chi connectivity index (χ4v) is 3.92. The van der Waals surface area contributed by atoms with Crippen molar-refractivity contribution in [2.75, 3.05) is 13.2 Å². The molecule has 0 aliphatic rings. The molecule has 154 valence electrons. The summed E-state index contributed by atoms with van der Waals surface area (Å²) in [6.07, 6.45) is 3.10. The number of nitrogens with zero attached hydrogens (tertiary/aromatic N) is 2. The number of benzene rings is 2.